The number of carbonyl (C=O) groups excluding carboxylic acids is 1. The minimum Gasteiger partial charge on any atom is -0.492 e. The van der Waals surface area contributed by atoms with Gasteiger partial charge in [-0.3, -0.25) is 0 Å². The summed E-state index contributed by atoms with van der Waals surface area (Å²) in [5, 5.41) is 14.4. The maximum Gasteiger partial charge on any atom is 0.315 e. The molecule has 1 unspecified atom stereocenters. The largest absolute Gasteiger partial charge is 0.492 e. The number of benzene rings is 1. The Morgan fingerprint density at radius 2 is 2.30 bits per heavy atom. The molecule has 6 heteroatoms. The van der Waals surface area contributed by atoms with E-state index in [4.69, 9.17) is 9.84 Å². The van der Waals surface area contributed by atoms with Crippen LogP contribution < -0.4 is 15.4 Å². The van der Waals surface area contributed by atoms with Crippen molar-refractivity contribution in [1.29, 1.82) is 0 Å². The van der Waals surface area contributed by atoms with Crippen LogP contribution in [-0.4, -0.2) is 36.9 Å². The molecule has 0 saturated carbocycles. The van der Waals surface area contributed by atoms with Crippen LogP contribution in [0.3, 0.4) is 0 Å². The Bertz CT molecular complexity index is 415. The highest BCUT2D eigenvalue weighted by molar-refractivity contribution is 9.10. The summed E-state index contributed by atoms with van der Waals surface area (Å²) in [7, 11) is 0. The number of hydrogen-bond acceptors (Lipinski definition) is 3. The molecule has 0 fully saturated rings. The summed E-state index contributed by atoms with van der Waals surface area (Å²) >= 11 is 3.36. The molecule has 0 bridgehead atoms. The second-order valence-corrected chi connectivity index (χ2v) is 5.24. The first-order chi connectivity index (χ1) is 9.65. The van der Waals surface area contributed by atoms with Gasteiger partial charge in [0, 0.05) is 17.1 Å². The highest BCUT2D eigenvalue weighted by Gasteiger charge is 2.08. The minimum absolute atomic E-state index is 0.00555. The summed E-state index contributed by atoms with van der Waals surface area (Å²) in [6.45, 7) is 2.87. The quantitative estimate of drug-likeness (QED) is 0.633. The van der Waals surface area contributed by atoms with Crippen LogP contribution in [0.25, 0.3) is 0 Å². The third-order valence-corrected chi connectivity index (χ3v) is 3.25. The zero-order chi connectivity index (χ0) is 14.8. The van der Waals surface area contributed by atoms with E-state index in [0.717, 1.165) is 16.6 Å². The molecule has 0 aromatic heterocycles. The topological polar surface area (TPSA) is 70.6 Å². The van der Waals surface area contributed by atoms with Gasteiger partial charge in [-0.25, -0.2) is 4.79 Å². The molecule has 0 heterocycles. The number of aliphatic hydroxyl groups is 1. The molecule has 1 aromatic rings. The zero-order valence-electron chi connectivity index (χ0n) is 11.6. The Morgan fingerprint density at radius 3 is 2.95 bits per heavy atom. The van der Waals surface area contributed by atoms with Crippen LogP contribution in [0.1, 0.15) is 19.8 Å². The Morgan fingerprint density at radius 1 is 1.50 bits per heavy atom. The maximum atomic E-state index is 11.6. The lowest BCUT2D eigenvalue weighted by molar-refractivity contribution is 0.224. The predicted octanol–water partition coefficient (Wildman–Crippen LogP) is 2.29. The Labute approximate surface area is 127 Å². The van der Waals surface area contributed by atoms with E-state index in [0.29, 0.717) is 19.6 Å². The molecule has 1 aromatic carbocycles. The fourth-order valence-electron chi connectivity index (χ4n) is 1.66. The number of amides is 2. The monoisotopic (exact) mass is 344 g/mol. The van der Waals surface area contributed by atoms with Crippen molar-refractivity contribution in [3.63, 3.8) is 0 Å². The van der Waals surface area contributed by atoms with Crippen molar-refractivity contribution >= 4 is 22.0 Å². The van der Waals surface area contributed by atoms with E-state index < -0.39 is 0 Å². The number of halogens is 1. The van der Waals surface area contributed by atoms with Crippen LogP contribution in [0.15, 0.2) is 28.7 Å². The number of aliphatic hydroxyl groups excluding tert-OH is 1. The predicted molar refractivity (Wildman–Crippen MR) is 82.0 cm³/mol. The first kappa shape index (κ1) is 16.8. The van der Waals surface area contributed by atoms with Gasteiger partial charge in [-0.1, -0.05) is 28.9 Å². The van der Waals surface area contributed by atoms with E-state index in [1.165, 1.54) is 0 Å². The third kappa shape index (κ3) is 6.77. The van der Waals surface area contributed by atoms with Crippen LogP contribution in [0.5, 0.6) is 5.75 Å². The molecule has 112 valence electrons. The summed E-state index contributed by atoms with van der Waals surface area (Å²) in [6, 6.07) is 7.31. The number of rotatable bonds is 8. The zero-order valence-corrected chi connectivity index (χ0v) is 13.1. The van der Waals surface area contributed by atoms with E-state index in [9.17, 15) is 4.79 Å². The van der Waals surface area contributed by atoms with Crippen molar-refractivity contribution in [2.45, 2.75) is 25.8 Å². The smallest absolute Gasteiger partial charge is 0.315 e. The molecule has 0 aliphatic heterocycles. The van der Waals surface area contributed by atoms with Crippen LogP contribution in [0, 0.1) is 0 Å². The Hall–Kier alpha value is -1.27. The number of hydrogen-bond donors (Lipinski definition) is 3. The number of urea groups is 1. The average Bonchev–Trinajstić information content (AvgIpc) is 2.43. The van der Waals surface area contributed by atoms with Crippen molar-refractivity contribution in [2.24, 2.45) is 0 Å². The molecule has 20 heavy (non-hydrogen) atoms. The molecule has 3 N–H and O–H groups in total. The van der Waals surface area contributed by atoms with E-state index in [1.807, 2.05) is 31.2 Å². The molecular formula is C14H21BrN2O3. The fourth-order valence-corrected chi connectivity index (χ4v) is 2.04. The summed E-state index contributed by atoms with van der Waals surface area (Å²) in [4.78, 5) is 11.6. The summed E-state index contributed by atoms with van der Waals surface area (Å²) in [5.41, 5.74) is 0. The van der Waals surface area contributed by atoms with Gasteiger partial charge in [0.1, 0.15) is 12.4 Å². The average molecular weight is 345 g/mol. The summed E-state index contributed by atoms with van der Waals surface area (Å²) in [5.74, 6) is 0.758. The van der Waals surface area contributed by atoms with Crippen molar-refractivity contribution in [3.8, 4) is 5.75 Å². The lowest BCUT2D eigenvalue weighted by atomic mass is 10.2. The molecule has 1 rings (SSSR count). The lowest BCUT2D eigenvalue weighted by Gasteiger charge is -2.16. The van der Waals surface area contributed by atoms with E-state index in [2.05, 4.69) is 26.6 Å². The highest BCUT2D eigenvalue weighted by Crippen LogP contribution is 2.17. The molecule has 0 aliphatic carbocycles. The minimum atomic E-state index is -0.233. The third-order valence-electron chi connectivity index (χ3n) is 2.76. The van der Waals surface area contributed by atoms with Crippen LogP contribution in [-0.2, 0) is 0 Å². The van der Waals surface area contributed by atoms with E-state index in [-0.39, 0.29) is 18.7 Å². The number of carbonyl (C=O) groups is 1. The molecular weight excluding hydrogens is 324 g/mol. The molecule has 0 spiro atoms. The van der Waals surface area contributed by atoms with Gasteiger partial charge in [0.25, 0.3) is 0 Å². The van der Waals surface area contributed by atoms with Crippen LogP contribution >= 0.6 is 15.9 Å². The first-order valence-corrected chi connectivity index (χ1v) is 7.48. The van der Waals surface area contributed by atoms with Gasteiger partial charge in [-0.05, 0) is 31.0 Å². The van der Waals surface area contributed by atoms with Gasteiger partial charge >= 0.3 is 6.03 Å². The summed E-state index contributed by atoms with van der Waals surface area (Å²) in [6.07, 6.45) is 1.36. The number of nitrogens with one attached hydrogen (secondary N) is 2. The van der Waals surface area contributed by atoms with E-state index >= 15 is 0 Å². The molecule has 2 amide bonds. The standard InChI is InChI=1S/C14H21BrN2O3/c1-2-12(6-8-18)17-14(19)16-7-9-20-13-5-3-4-11(15)10-13/h3-5,10,12,18H,2,6-9H2,1H3,(H2,16,17,19). The Balaban J connectivity index is 2.18. The normalized spacial score (nSPS) is 11.8. The van der Waals surface area contributed by atoms with Crippen molar-refractivity contribution in [2.75, 3.05) is 19.8 Å². The van der Waals surface area contributed by atoms with Gasteiger partial charge in [0.15, 0.2) is 0 Å². The number of ether oxygens (including phenoxy) is 1. The van der Waals surface area contributed by atoms with Crippen molar-refractivity contribution in [1.82, 2.24) is 10.6 Å². The molecule has 0 saturated heterocycles. The maximum absolute atomic E-state index is 11.6. The van der Waals surface area contributed by atoms with Gasteiger partial charge in [0.05, 0.1) is 6.54 Å². The second-order valence-electron chi connectivity index (χ2n) is 4.32. The Kier molecular flexibility index (Phi) is 8.06. The SMILES string of the molecule is CCC(CCO)NC(=O)NCCOc1cccc(Br)c1. The summed E-state index contributed by atoms with van der Waals surface area (Å²) < 4.78 is 6.46. The first-order valence-electron chi connectivity index (χ1n) is 6.69. The van der Waals surface area contributed by atoms with Gasteiger partial charge < -0.3 is 20.5 Å². The molecule has 0 radical (unpaired) electrons. The highest BCUT2D eigenvalue weighted by atomic mass is 79.9. The second kappa shape index (κ2) is 9.61. The van der Waals surface area contributed by atoms with Crippen molar-refractivity contribution in [3.05, 3.63) is 28.7 Å². The van der Waals surface area contributed by atoms with Crippen LogP contribution in [0.4, 0.5) is 4.79 Å². The van der Waals surface area contributed by atoms with Gasteiger partial charge in [-0.2, -0.15) is 0 Å². The van der Waals surface area contributed by atoms with Gasteiger partial charge in [-0.15, -0.1) is 0 Å². The van der Waals surface area contributed by atoms with Crippen molar-refractivity contribution < 1.29 is 14.6 Å². The van der Waals surface area contributed by atoms with E-state index in [1.54, 1.807) is 0 Å². The fraction of sp³-hybridized carbons (Fsp3) is 0.500. The van der Waals surface area contributed by atoms with Crippen LogP contribution in [0.2, 0.25) is 0 Å². The van der Waals surface area contributed by atoms with Gasteiger partial charge in [0.2, 0.25) is 0 Å². The molecule has 0 aliphatic rings. The lowest BCUT2D eigenvalue weighted by Crippen LogP contribution is -2.43. The molecule has 5 nitrogen and oxygen atoms in total. The molecule has 1 atom stereocenters.